The van der Waals surface area contributed by atoms with Crippen LogP contribution in [0.1, 0.15) is 40.5 Å². The van der Waals surface area contributed by atoms with E-state index in [1.165, 1.54) is 5.57 Å². The van der Waals surface area contributed by atoms with Gasteiger partial charge in [-0.2, -0.15) is 0 Å². The van der Waals surface area contributed by atoms with Crippen molar-refractivity contribution >= 4 is 5.91 Å². The summed E-state index contributed by atoms with van der Waals surface area (Å²) in [7, 11) is 0. The van der Waals surface area contributed by atoms with E-state index in [0.717, 1.165) is 12.8 Å². The van der Waals surface area contributed by atoms with Crippen molar-refractivity contribution in [1.82, 2.24) is 4.90 Å². The summed E-state index contributed by atoms with van der Waals surface area (Å²) in [4.78, 5) is 13.8. The van der Waals surface area contributed by atoms with Crippen LogP contribution in [0.4, 0.5) is 0 Å². The van der Waals surface area contributed by atoms with Crippen molar-refractivity contribution in [2.24, 2.45) is 5.73 Å². The van der Waals surface area contributed by atoms with Crippen LogP contribution in [0.5, 0.6) is 0 Å². The zero-order valence-electron chi connectivity index (χ0n) is 14.5. The van der Waals surface area contributed by atoms with Crippen LogP contribution in [-0.4, -0.2) is 49.9 Å². The van der Waals surface area contributed by atoms with Crippen molar-refractivity contribution in [2.75, 3.05) is 32.8 Å². The molecule has 0 radical (unpaired) electrons. The number of hydrogen-bond donors (Lipinski definition) is 1. The first-order valence-corrected chi connectivity index (χ1v) is 8.15. The second-order valence-corrected chi connectivity index (χ2v) is 4.82. The molecule has 0 unspecified atom stereocenters. The SMILES string of the molecule is C/C=C\C(=C/CC)CCN(CC(OCC)OCC)C(=O)CN. The van der Waals surface area contributed by atoms with Gasteiger partial charge in [-0.3, -0.25) is 4.79 Å². The molecule has 0 heterocycles. The fourth-order valence-corrected chi connectivity index (χ4v) is 2.15. The Bertz CT molecular complexity index is 348. The van der Waals surface area contributed by atoms with Crippen molar-refractivity contribution in [1.29, 1.82) is 0 Å². The molecule has 0 aliphatic heterocycles. The van der Waals surface area contributed by atoms with Gasteiger partial charge in [-0.1, -0.05) is 30.7 Å². The molecule has 0 bridgehead atoms. The molecule has 128 valence electrons. The predicted octanol–water partition coefficient (Wildman–Crippen LogP) is 2.48. The van der Waals surface area contributed by atoms with Crippen molar-refractivity contribution in [3.8, 4) is 0 Å². The number of allylic oxidation sites excluding steroid dienone is 3. The van der Waals surface area contributed by atoms with Crippen LogP contribution in [0.2, 0.25) is 0 Å². The predicted molar refractivity (Wildman–Crippen MR) is 90.5 cm³/mol. The van der Waals surface area contributed by atoms with Crippen LogP contribution in [0.25, 0.3) is 0 Å². The first kappa shape index (κ1) is 20.8. The van der Waals surface area contributed by atoms with Crippen LogP contribution in [0.15, 0.2) is 23.8 Å². The molecule has 0 aliphatic rings. The topological polar surface area (TPSA) is 64.8 Å². The Morgan fingerprint density at radius 2 is 1.86 bits per heavy atom. The van der Waals surface area contributed by atoms with E-state index in [4.69, 9.17) is 15.2 Å². The molecular weight excluding hydrogens is 280 g/mol. The lowest BCUT2D eigenvalue weighted by Crippen LogP contribution is -2.43. The number of nitrogens with zero attached hydrogens (tertiary/aromatic N) is 1. The van der Waals surface area contributed by atoms with Gasteiger partial charge in [0.05, 0.1) is 13.1 Å². The number of carbonyl (C=O) groups excluding carboxylic acids is 1. The minimum atomic E-state index is -0.397. The zero-order chi connectivity index (χ0) is 16.8. The third-order valence-corrected chi connectivity index (χ3v) is 3.12. The summed E-state index contributed by atoms with van der Waals surface area (Å²) in [6.07, 6.45) is 7.65. The van der Waals surface area contributed by atoms with Crippen LogP contribution >= 0.6 is 0 Å². The molecule has 0 aromatic heterocycles. The van der Waals surface area contributed by atoms with Gasteiger partial charge in [0.15, 0.2) is 6.29 Å². The van der Waals surface area contributed by atoms with Gasteiger partial charge in [0.2, 0.25) is 5.91 Å². The van der Waals surface area contributed by atoms with E-state index in [-0.39, 0.29) is 12.5 Å². The Morgan fingerprint density at radius 3 is 2.32 bits per heavy atom. The number of amides is 1. The highest BCUT2D eigenvalue weighted by atomic mass is 16.7. The van der Waals surface area contributed by atoms with Gasteiger partial charge in [-0.05, 0) is 33.6 Å². The van der Waals surface area contributed by atoms with Crippen molar-refractivity contribution in [2.45, 2.75) is 46.8 Å². The average molecular weight is 312 g/mol. The van der Waals surface area contributed by atoms with Gasteiger partial charge in [-0.15, -0.1) is 0 Å². The number of ether oxygens (including phenoxy) is 2. The van der Waals surface area contributed by atoms with E-state index < -0.39 is 6.29 Å². The molecule has 5 heteroatoms. The fraction of sp³-hybridized carbons (Fsp3) is 0.706. The van der Waals surface area contributed by atoms with Crippen molar-refractivity contribution < 1.29 is 14.3 Å². The molecule has 0 aromatic carbocycles. The van der Waals surface area contributed by atoms with Gasteiger partial charge < -0.3 is 20.1 Å². The average Bonchev–Trinajstić information content (AvgIpc) is 2.51. The Labute approximate surface area is 135 Å². The summed E-state index contributed by atoms with van der Waals surface area (Å²) in [5, 5.41) is 0. The molecule has 0 atom stereocenters. The van der Waals surface area contributed by atoms with Crippen LogP contribution in [0, 0.1) is 0 Å². The second kappa shape index (κ2) is 13.5. The van der Waals surface area contributed by atoms with Crippen LogP contribution in [-0.2, 0) is 14.3 Å². The van der Waals surface area contributed by atoms with Gasteiger partial charge in [0.25, 0.3) is 0 Å². The van der Waals surface area contributed by atoms with E-state index in [0.29, 0.717) is 26.3 Å². The summed E-state index contributed by atoms with van der Waals surface area (Å²) in [6.45, 7) is 10.0. The highest BCUT2D eigenvalue weighted by Crippen LogP contribution is 2.09. The van der Waals surface area contributed by atoms with E-state index in [9.17, 15) is 4.79 Å². The number of rotatable bonds is 12. The maximum Gasteiger partial charge on any atom is 0.236 e. The van der Waals surface area contributed by atoms with Gasteiger partial charge >= 0.3 is 0 Å². The number of carbonyl (C=O) groups is 1. The summed E-state index contributed by atoms with van der Waals surface area (Å²) in [6, 6.07) is 0. The molecule has 0 saturated heterocycles. The lowest BCUT2D eigenvalue weighted by molar-refractivity contribution is -0.158. The molecule has 1 amide bonds. The molecular formula is C17H32N2O3. The standard InChI is InChI=1S/C17H32N2O3/c1-5-9-15(10-6-2)11-12-19(16(20)13-18)14-17(21-7-3)22-8-4/h5,9-10,17H,6-8,11-14,18H2,1-4H3/b9-5-,15-10+. The summed E-state index contributed by atoms with van der Waals surface area (Å²) in [5.74, 6) is -0.0827. The lowest BCUT2D eigenvalue weighted by Gasteiger charge is -2.27. The van der Waals surface area contributed by atoms with E-state index in [1.807, 2.05) is 26.8 Å². The van der Waals surface area contributed by atoms with Gasteiger partial charge in [-0.25, -0.2) is 0 Å². The van der Waals surface area contributed by atoms with Crippen LogP contribution in [0.3, 0.4) is 0 Å². The molecule has 0 aromatic rings. The molecule has 0 saturated carbocycles. The van der Waals surface area contributed by atoms with E-state index in [2.05, 4.69) is 19.1 Å². The molecule has 2 N–H and O–H groups in total. The highest BCUT2D eigenvalue weighted by molar-refractivity contribution is 5.78. The number of nitrogens with two attached hydrogens (primary N) is 1. The first-order chi connectivity index (χ1) is 10.6. The summed E-state index contributed by atoms with van der Waals surface area (Å²) < 4.78 is 11.0. The Kier molecular flexibility index (Phi) is 12.8. The molecule has 5 nitrogen and oxygen atoms in total. The van der Waals surface area contributed by atoms with E-state index in [1.54, 1.807) is 4.90 Å². The van der Waals surface area contributed by atoms with Gasteiger partial charge in [0.1, 0.15) is 0 Å². The maximum atomic E-state index is 12.0. The van der Waals surface area contributed by atoms with Crippen molar-refractivity contribution in [3.05, 3.63) is 23.8 Å². The third kappa shape index (κ3) is 8.97. The largest absolute Gasteiger partial charge is 0.351 e. The quantitative estimate of drug-likeness (QED) is 0.444. The lowest BCUT2D eigenvalue weighted by atomic mass is 10.1. The minimum absolute atomic E-state index is 0.00140. The second-order valence-electron chi connectivity index (χ2n) is 4.82. The highest BCUT2D eigenvalue weighted by Gasteiger charge is 2.18. The molecule has 0 fully saturated rings. The molecule has 0 spiro atoms. The summed E-state index contributed by atoms with van der Waals surface area (Å²) >= 11 is 0. The molecule has 0 aliphatic carbocycles. The molecule has 22 heavy (non-hydrogen) atoms. The number of hydrogen-bond acceptors (Lipinski definition) is 4. The third-order valence-electron chi connectivity index (χ3n) is 3.12. The van der Waals surface area contributed by atoms with Gasteiger partial charge in [0, 0.05) is 19.8 Å². The zero-order valence-corrected chi connectivity index (χ0v) is 14.5. The molecule has 0 rings (SSSR count). The monoisotopic (exact) mass is 312 g/mol. The maximum absolute atomic E-state index is 12.0. The van der Waals surface area contributed by atoms with Crippen LogP contribution < -0.4 is 5.73 Å². The Balaban J connectivity index is 4.75. The smallest absolute Gasteiger partial charge is 0.236 e. The Hall–Kier alpha value is -1.17. The normalized spacial score (nSPS) is 12.4. The fourth-order valence-electron chi connectivity index (χ4n) is 2.15. The summed E-state index contributed by atoms with van der Waals surface area (Å²) in [5.41, 5.74) is 6.74. The minimum Gasteiger partial charge on any atom is -0.351 e. The Morgan fingerprint density at radius 1 is 1.23 bits per heavy atom. The first-order valence-electron chi connectivity index (χ1n) is 8.15. The van der Waals surface area contributed by atoms with E-state index >= 15 is 0 Å². The van der Waals surface area contributed by atoms with Crippen molar-refractivity contribution in [3.63, 3.8) is 0 Å².